The maximum absolute atomic E-state index is 12.3. The predicted octanol–water partition coefficient (Wildman–Crippen LogP) is 3.55. The van der Waals surface area contributed by atoms with Gasteiger partial charge in [0.05, 0.1) is 0 Å². The number of halogens is 1. The van der Waals surface area contributed by atoms with E-state index in [1.165, 1.54) is 5.57 Å². The Balaban J connectivity index is 2.19. The lowest BCUT2D eigenvalue weighted by atomic mass is 10.1. The number of carbonyl (C=O) groups excluding carboxylic acids is 1. The highest BCUT2D eigenvalue weighted by Gasteiger charge is 2.18. The number of benzene rings is 1. The number of amides is 1. The zero-order valence-electron chi connectivity index (χ0n) is 10.2. The fourth-order valence-corrected chi connectivity index (χ4v) is 2.29. The van der Waals surface area contributed by atoms with E-state index in [2.05, 4.69) is 28.9 Å². The molecule has 0 N–H and O–H groups in total. The molecule has 2 rings (SSSR count). The minimum atomic E-state index is 0.132. The fourth-order valence-electron chi connectivity index (χ4n) is 2.05. The van der Waals surface area contributed by atoms with Gasteiger partial charge >= 0.3 is 0 Å². The summed E-state index contributed by atoms with van der Waals surface area (Å²) in [4.78, 5) is 14.2. The third-order valence-corrected chi connectivity index (χ3v) is 3.91. The molecule has 0 saturated carbocycles. The van der Waals surface area contributed by atoms with Crippen molar-refractivity contribution in [1.82, 2.24) is 4.90 Å². The van der Waals surface area contributed by atoms with Gasteiger partial charge in [0.15, 0.2) is 0 Å². The number of hydrogen-bond donors (Lipinski definition) is 0. The second-order valence-corrected chi connectivity index (χ2v) is 5.38. The van der Waals surface area contributed by atoms with E-state index >= 15 is 0 Å². The van der Waals surface area contributed by atoms with Crippen LogP contribution in [0.4, 0.5) is 0 Å². The largest absolute Gasteiger partial charge is 0.334 e. The van der Waals surface area contributed by atoms with Gasteiger partial charge in [0, 0.05) is 23.1 Å². The number of hydrogen-bond acceptors (Lipinski definition) is 1. The lowest BCUT2D eigenvalue weighted by molar-refractivity contribution is 0.0766. The fraction of sp³-hybridized carbons (Fsp3) is 0.357. The van der Waals surface area contributed by atoms with Crippen LogP contribution in [0, 0.1) is 6.92 Å². The van der Waals surface area contributed by atoms with Gasteiger partial charge < -0.3 is 4.90 Å². The summed E-state index contributed by atoms with van der Waals surface area (Å²) in [5.74, 6) is 0.132. The van der Waals surface area contributed by atoms with Gasteiger partial charge in [0.25, 0.3) is 5.91 Å². The first kappa shape index (κ1) is 12.4. The van der Waals surface area contributed by atoms with Gasteiger partial charge in [-0.05, 0) is 44.0 Å². The van der Waals surface area contributed by atoms with E-state index in [-0.39, 0.29) is 5.91 Å². The zero-order chi connectivity index (χ0) is 12.4. The molecule has 1 aromatic carbocycles. The maximum atomic E-state index is 12.3. The number of nitrogens with zero attached hydrogens (tertiary/aromatic N) is 1. The van der Waals surface area contributed by atoms with E-state index in [0.717, 1.165) is 35.1 Å². The van der Waals surface area contributed by atoms with E-state index < -0.39 is 0 Å². The molecule has 2 nitrogen and oxygen atoms in total. The van der Waals surface area contributed by atoms with Gasteiger partial charge in [-0.3, -0.25) is 4.79 Å². The smallest absolute Gasteiger partial charge is 0.254 e. The number of rotatable bonds is 1. The van der Waals surface area contributed by atoms with Crippen LogP contribution in [0.2, 0.25) is 0 Å². The molecule has 1 aliphatic heterocycles. The summed E-state index contributed by atoms with van der Waals surface area (Å²) >= 11 is 3.45. The Bertz CT molecular complexity index is 479. The lowest BCUT2D eigenvalue weighted by Crippen LogP contribution is -2.35. The van der Waals surface area contributed by atoms with Crippen molar-refractivity contribution in [2.75, 3.05) is 13.1 Å². The van der Waals surface area contributed by atoms with E-state index in [1.54, 1.807) is 0 Å². The Morgan fingerprint density at radius 3 is 2.76 bits per heavy atom. The van der Waals surface area contributed by atoms with E-state index in [4.69, 9.17) is 0 Å². The Kier molecular flexibility index (Phi) is 3.67. The standard InChI is InChI=1S/C14H16BrNO/c1-10-4-3-7-16(9-10)14(17)12-5-6-13(15)11(2)8-12/h4-6,8H,3,7,9H2,1-2H3. The third-order valence-electron chi connectivity index (χ3n) is 3.02. The van der Waals surface area contributed by atoms with Gasteiger partial charge in [0.2, 0.25) is 0 Å². The van der Waals surface area contributed by atoms with Gasteiger partial charge in [-0.2, -0.15) is 0 Å². The normalized spacial score (nSPS) is 15.7. The molecule has 1 heterocycles. The first-order valence-electron chi connectivity index (χ1n) is 5.79. The molecule has 0 aliphatic carbocycles. The minimum Gasteiger partial charge on any atom is -0.334 e. The predicted molar refractivity (Wildman–Crippen MR) is 73.2 cm³/mol. The first-order chi connectivity index (χ1) is 8.08. The summed E-state index contributed by atoms with van der Waals surface area (Å²) in [5.41, 5.74) is 3.15. The van der Waals surface area contributed by atoms with Gasteiger partial charge in [-0.15, -0.1) is 0 Å². The molecular weight excluding hydrogens is 278 g/mol. The van der Waals surface area contributed by atoms with Crippen LogP contribution in [0.3, 0.4) is 0 Å². The Morgan fingerprint density at radius 2 is 2.12 bits per heavy atom. The summed E-state index contributed by atoms with van der Waals surface area (Å²) in [5, 5.41) is 0. The van der Waals surface area contributed by atoms with Crippen molar-refractivity contribution in [3.8, 4) is 0 Å². The van der Waals surface area contributed by atoms with E-state index in [9.17, 15) is 4.79 Å². The topological polar surface area (TPSA) is 20.3 Å². The van der Waals surface area contributed by atoms with Crippen LogP contribution >= 0.6 is 15.9 Å². The molecule has 1 amide bonds. The van der Waals surface area contributed by atoms with Crippen molar-refractivity contribution in [2.24, 2.45) is 0 Å². The molecule has 90 valence electrons. The van der Waals surface area contributed by atoms with Crippen LogP contribution in [0.15, 0.2) is 34.3 Å². The van der Waals surface area contributed by atoms with Crippen LogP contribution < -0.4 is 0 Å². The van der Waals surface area contributed by atoms with E-state index in [1.807, 2.05) is 30.0 Å². The van der Waals surface area contributed by atoms with Crippen molar-refractivity contribution >= 4 is 21.8 Å². The quantitative estimate of drug-likeness (QED) is 0.725. The molecule has 0 spiro atoms. The molecule has 0 saturated heterocycles. The minimum absolute atomic E-state index is 0.132. The maximum Gasteiger partial charge on any atom is 0.254 e. The summed E-state index contributed by atoms with van der Waals surface area (Å²) in [6, 6.07) is 5.77. The second kappa shape index (κ2) is 5.05. The Labute approximate surface area is 110 Å². The molecular formula is C14H16BrNO. The Hall–Kier alpha value is -1.09. The van der Waals surface area contributed by atoms with Crippen molar-refractivity contribution in [1.29, 1.82) is 0 Å². The molecule has 0 atom stereocenters. The van der Waals surface area contributed by atoms with Crippen LogP contribution in [0.5, 0.6) is 0 Å². The van der Waals surface area contributed by atoms with Crippen molar-refractivity contribution in [3.05, 3.63) is 45.4 Å². The SMILES string of the molecule is CC1=CCCN(C(=O)c2ccc(Br)c(C)c2)C1. The molecule has 0 fully saturated rings. The number of aryl methyl sites for hydroxylation is 1. The molecule has 1 aromatic rings. The summed E-state index contributed by atoms with van der Waals surface area (Å²) in [6.45, 7) is 5.66. The average molecular weight is 294 g/mol. The summed E-state index contributed by atoms with van der Waals surface area (Å²) < 4.78 is 1.05. The highest BCUT2D eigenvalue weighted by molar-refractivity contribution is 9.10. The van der Waals surface area contributed by atoms with Crippen LogP contribution in [-0.2, 0) is 0 Å². The molecule has 0 unspecified atom stereocenters. The highest BCUT2D eigenvalue weighted by Crippen LogP contribution is 2.19. The zero-order valence-corrected chi connectivity index (χ0v) is 11.8. The first-order valence-corrected chi connectivity index (χ1v) is 6.58. The molecule has 1 aliphatic rings. The van der Waals surface area contributed by atoms with Crippen molar-refractivity contribution in [2.45, 2.75) is 20.3 Å². The van der Waals surface area contributed by atoms with Crippen LogP contribution in [-0.4, -0.2) is 23.9 Å². The van der Waals surface area contributed by atoms with Crippen LogP contribution in [0.1, 0.15) is 29.3 Å². The van der Waals surface area contributed by atoms with Crippen molar-refractivity contribution in [3.63, 3.8) is 0 Å². The van der Waals surface area contributed by atoms with Crippen LogP contribution in [0.25, 0.3) is 0 Å². The van der Waals surface area contributed by atoms with Gasteiger partial charge in [0.1, 0.15) is 0 Å². The highest BCUT2D eigenvalue weighted by atomic mass is 79.9. The van der Waals surface area contributed by atoms with Gasteiger partial charge in [-0.25, -0.2) is 0 Å². The molecule has 0 radical (unpaired) electrons. The number of carbonyl (C=O) groups is 1. The summed E-state index contributed by atoms with van der Waals surface area (Å²) in [7, 11) is 0. The lowest BCUT2D eigenvalue weighted by Gasteiger charge is -2.26. The monoisotopic (exact) mass is 293 g/mol. The van der Waals surface area contributed by atoms with Crippen molar-refractivity contribution < 1.29 is 4.79 Å². The van der Waals surface area contributed by atoms with Gasteiger partial charge in [-0.1, -0.05) is 27.6 Å². The molecule has 17 heavy (non-hydrogen) atoms. The Morgan fingerprint density at radius 1 is 1.35 bits per heavy atom. The molecule has 0 bridgehead atoms. The molecule has 3 heteroatoms. The average Bonchev–Trinajstić information content (AvgIpc) is 2.32. The summed E-state index contributed by atoms with van der Waals surface area (Å²) in [6.07, 6.45) is 3.17. The molecule has 0 aromatic heterocycles. The third kappa shape index (κ3) is 2.78. The van der Waals surface area contributed by atoms with E-state index in [0.29, 0.717) is 0 Å². The second-order valence-electron chi connectivity index (χ2n) is 4.53.